The molecule has 3 rings (SSSR count). The highest BCUT2D eigenvalue weighted by atomic mass is 32.2. The van der Waals surface area contributed by atoms with E-state index >= 15 is 0 Å². The summed E-state index contributed by atoms with van der Waals surface area (Å²) in [6.07, 6.45) is 0.516. The number of non-ortho nitro benzene ring substituents is 1. The number of hydrogen-bond donors (Lipinski definition) is 2. The largest absolute Gasteiger partial charge is 0.358 e. The predicted octanol–water partition coefficient (Wildman–Crippen LogP) is 3.52. The van der Waals surface area contributed by atoms with Gasteiger partial charge >= 0.3 is 0 Å². The van der Waals surface area contributed by atoms with Gasteiger partial charge in [-0.05, 0) is 50.5 Å². The van der Waals surface area contributed by atoms with E-state index in [0.29, 0.717) is 12.0 Å². The van der Waals surface area contributed by atoms with Crippen molar-refractivity contribution in [1.82, 2.24) is 9.71 Å². The molecule has 1 aromatic heterocycles. The zero-order valence-corrected chi connectivity index (χ0v) is 16.2. The summed E-state index contributed by atoms with van der Waals surface area (Å²) in [5.74, 6) is 0. The van der Waals surface area contributed by atoms with Crippen molar-refractivity contribution in [3.63, 3.8) is 0 Å². The lowest BCUT2D eigenvalue weighted by Gasteiger charge is -2.09. The Bertz CT molecular complexity index is 1130. The highest BCUT2D eigenvalue weighted by Gasteiger charge is 2.20. The zero-order valence-electron chi connectivity index (χ0n) is 15.4. The number of nitro groups is 1. The highest BCUT2D eigenvalue weighted by molar-refractivity contribution is 7.89. The molecular weight excluding hydrogens is 366 g/mol. The second kappa shape index (κ2) is 7.13. The molecule has 0 spiro atoms. The number of aromatic amines is 1. The molecule has 0 aliphatic carbocycles. The average Bonchev–Trinajstić information content (AvgIpc) is 2.90. The molecule has 0 saturated carbocycles. The number of aromatic nitrogens is 1. The van der Waals surface area contributed by atoms with Crippen molar-refractivity contribution < 1.29 is 13.3 Å². The van der Waals surface area contributed by atoms with E-state index in [1.165, 1.54) is 12.1 Å². The van der Waals surface area contributed by atoms with Crippen molar-refractivity contribution in [3.05, 3.63) is 68.9 Å². The fourth-order valence-corrected chi connectivity index (χ4v) is 4.49. The third-order valence-corrected chi connectivity index (χ3v) is 6.22. The third-order valence-electron chi connectivity index (χ3n) is 4.61. The lowest BCUT2D eigenvalue weighted by atomic mass is 10.1. The SMILES string of the molecule is Cc1ccc2[nH]c(C)c(CCNS(=O)(=O)c3cc([N+](=O)[O-])ccc3C)c2c1. The summed E-state index contributed by atoms with van der Waals surface area (Å²) in [6.45, 7) is 5.79. The van der Waals surface area contributed by atoms with Crippen molar-refractivity contribution in [2.24, 2.45) is 0 Å². The first-order valence-electron chi connectivity index (χ1n) is 8.51. The van der Waals surface area contributed by atoms with Gasteiger partial charge in [0.05, 0.1) is 9.82 Å². The lowest BCUT2D eigenvalue weighted by Crippen LogP contribution is -2.26. The Hall–Kier alpha value is -2.71. The third kappa shape index (κ3) is 3.86. The molecule has 0 aliphatic rings. The summed E-state index contributed by atoms with van der Waals surface area (Å²) >= 11 is 0. The quantitative estimate of drug-likeness (QED) is 0.498. The Morgan fingerprint density at radius 1 is 1.11 bits per heavy atom. The molecule has 8 heteroatoms. The van der Waals surface area contributed by atoms with Crippen molar-refractivity contribution in [2.45, 2.75) is 32.1 Å². The molecule has 0 bridgehead atoms. The Kier molecular flexibility index (Phi) is 5.03. The topological polar surface area (TPSA) is 105 Å². The number of sulfonamides is 1. The van der Waals surface area contributed by atoms with Crippen LogP contribution in [0.1, 0.15) is 22.4 Å². The molecule has 7 nitrogen and oxygen atoms in total. The maximum Gasteiger partial charge on any atom is 0.270 e. The van der Waals surface area contributed by atoms with Crippen molar-refractivity contribution in [1.29, 1.82) is 0 Å². The van der Waals surface area contributed by atoms with Gasteiger partial charge in [-0.2, -0.15) is 0 Å². The molecule has 0 unspecified atom stereocenters. The Labute approximate surface area is 157 Å². The summed E-state index contributed by atoms with van der Waals surface area (Å²) in [7, 11) is -3.84. The summed E-state index contributed by atoms with van der Waals surface area (Å²) in [6, 6.07) is 9.95. The standard InChI is InChI=1S/C19H21N3O4S/c1-12-4-7-18-17(10-12)16(14(3)21-18)8-9-20-27(25,26)19-11-15(22(23)24)6-5-13(19)2/h4-7,10-11,20-21H,8-9H2,1-3H3. The molecule has 0 saturated heterocycles. The molecular formula is C19H21N3O4S. The van der Waals surface area contributed by atoms with E-state index < -0.39 is 14.9 Å². The smallest absolute Gasteiger partial charge is 0.270 e. The van der Waals surface area contributed by atoms with Gasteiger partial charge in [-0.1, -0.05) is 17.7 Å². The van der Waals surface area contributed by atoms with Crippen molar-refractivity contribution in [2.75, 3.05) is 6.54 Å². The van der Waals surface area contributed by atoms with Gasteiger partial charge in [-0.25, -0.2) is 13.1 Å². The molecule has 0 radical (unpaired) electrons. The first-order chi connectivity index (χ1) is 12.7. The van der Waals surface area contributed by atoms with Gasteiger partial charge in [0.1, 0.15) is 0 Å². The zero-order chi connectivity index (χ0) is 19.8. The molecule has 0 amide bonds. The van der Waals surface area contributed by atoms with Crippen LogP contribution in [0.25, 0.3) is 10.9 Å². The van der Waals surface area contributed by atoms with E-state index in [2.05, 4.69) is 15.8 Å². The second-order valence-corrected chi connectivity index (χ2v) is 8.37. The van der Waals surface area contributed by atoms with Crippen LogP contribution in [0.15, 0.2) is 41.3 Å². The first kappa shape index (κ1) is 19.1. The average molecular weight is 387 g/mol. The maximum atomic E-state index is 12.6. The fraction of sp³-hybridized carbons (Fsp3) is 0.263. The summed E-state index contributed by atoms with van der Waals surface area (Å²) in [5.41, 5.74) is 4.44. The Morgan fingerprint density at radius 3 is 2.56 bits per heavy atom. The van der Waals surface area contributed by atoms with Crippen molar-refractivity contribution >= 4 is 26.6 Å². The van der Waals surface area contributed by atoms with Crippen LogP contribution in [0.3, 0.4) is 0 Å². The minimum absolute atomic E-state index is 0.0665. The monoisotopic (exact) mass is 387 g/mol. The van der Waals surface area contributed by atoms with Crippen LogP contribution in [-0.2, 0) is 16.4 Å². The van der Waals surface area contributed by atoms with Crippen LogP contribution in [0, 0.1) is 30.9 Å². The normalized spacial score (nSPS) is 11.8. The number of nitrogens with one attached hydrogen (secondary N) is 2. The number of benzene rings is 2. The van der Waals surface area contributed by atoms with E-state index in [0.717, 1.165) is 33.8 Å². The minimum atomic E-state index is -3.84. The van der Waals surface area contributed by atoms with Crippen LogP contribution in [0.4, 0.5) is 5.69 Å². The maximum absolute atomic E-state index is 12.6. The van der Waals surface area contributed by atoms with Crippen LogP contribution in [-0.4, -0.2) is 24.9 Å². The number of rotatable bonds is 6. The Balaban J connectivity index is 1.81. The number of H-pyrrole nitrogens is 1. The van der Waals surface area contributed by atoms with E-state index in [-0.39, 0.29) is 17.1 Å². The van der Waals surface area contributed by atoms with Crippen LogP contribution in [0.5, 0.6) is 0 Å². The number of nitro benzene ring substituents is 1. The molecule has 1 heterocycles. The molecule has 0 fully saturated rings. The van der Waals surface area contributed by atoms with Gasteiger partial charge in [0.15, 0.2) is 0 Å². The van der Waals surface area contributed by atoms with Gasteiger partial charge in [0.25, 0.3) is 5.69 Å². The second-order valence-electron chi connectivity index (χ2n) is 6.63. The molecule has 3 aromatic rings. The van der Waals surface area contributed by atoms with Gasteiger partial charge in [-0.3, -0.25) is 10.1 Å². The van der Waals surface area contributed by atoms with Gasteiger partial charge in [0.2, 0.25) is 10.0 Å². The number of nitrogens with zero attached hydrogens (tertiary/aromatic N) is 1. The Morgan fingerprint density at radius 2 is 1.85 bits per heavy atom. The van der Waals surface area contributed by atoms with Crippen molar-refractivity contribution in [3.8, 4) is 0 Å². The molecule has 142 valence electrons. The first-order valence-corrected chi connectivity index (χ1v) is 10.00. The lowest BCUT2D eigenvalue weighted by molar-refractivity contribution is -0.385. The summed E-state index contributed by atoms with van der Waals surface area (Å²) in [4.78, 5) is 13.6. The molecule has 2 N–H and O–H groups in total. The molecule has 27 heavy (non-hydrogen) atoms. The molecule has 2 aromatic carbocycles. The molecule has 0 atom stereocenters. The molecule has 0 aliphatic heterocycles. The van der Waals surface area contributed by atoms with Crippen LogP contribution in [0.2, 0.25) is 0 Å². The number of fused-ring (bicyclic) bond motifs is 1. The summed E-state index contributed by atoms with van der Waals surface area (Å²) < 4.78 is 27.8. The predicted molar refractivity (Wildman–Crippen MR) is 104 cm³/mol. The van der Waals surface area contributed by atoms with Crippen LogP contribution < -0.4 is 4.72 Å². The number of aryl methyl sites for hydroxylation is 3. The fourth-order valence-electron chi connectivity index (χ4n) is 3.20. The number of hydrogen-bond acceptors (Lipinski definition) is 4. The summed E-state index contributed by atoms with van der Waals surface area (Å²) in [5, 5.41) is 12.0. The van der Waals surface area contributed by atoms with E-state index in [4.69, 9.17) is 0 Å². The van der Waals surface area contributed by atoms with Crippen LogP contribution >= 0.6 is 0 Å². The van der Waals surface area contributed by atoms with Gasteiger partial charge < -0.3 is 4.98 Å². The van der Waals surface area contributed by atoms with E-state index in [9.17, 15) is 18.5 Å². The van der Waals surface area contributed by atoms with E-state index in [1.54, 1.807) is 6.92 Å². The van der Waals surface area contributed by atoms with Gasteiger partial charge in [0, 0.05) is 35.3 Å². The van der Waals surface area contributed by atoms with E-state index in [1.807, 2.05) is 26.0 Å². The van der Waals surface area contributed by atoms with Gasteiger partial charge in [-0.15, -0.1) is 0 Å². The highest BCUT2D eigenvalue weighted by Crippen LogP contribution is 2.24. The minimum Gasteiger partial charge on any atom is -0.358 e.